The van der Waals surface area contributed by atoms with Gasteiger partial charge in [-0.2, -0.15) is 0 Å². The molecule has 2 aromatic carbocycles. The SMILES string of the molecule is COc1ccc(COc2ccccc2-c2cc(CCl)on2)cc1. The second kappa shape index (κ2) is 7.20. The Morgan fingerprint density at radius 3 is 2.57 bits per heavy atom. The minimum atomic E-state index is 0.294. The van der Waals surface area contributed by atoms with Gasteiger partial charge in [0.25, 0.3) is 0 Å². The van der Waals surface area contributed by atoms with Gasteiger partial charge >= 0.3 is 0 Å². The molecular formula is C18H16ClNO3. The lowest BCUT2D eigenvalue weighted by atomic mass is 10.1. The molecule has 1 aromatic heterocycles. The minimum absolute atomic E-state index is 0.294. The first-order chi connectivity index (χ1) is 11.3. The second-order valence-electron chi connectivity index (χ2n) is 4.95. The molecule has 0 saturated carbocycles. The predicted octanol–water partition coefficient (Wildman–Crippen LogP) is 4.67. The van der Waals surface area contributed by atoms with Gasteiger partial charge in [0.1, 0.15) is 23.8 Å². The van der Waals surface area contributed by atoms with E-state index >= 15 is 0 Å². The number of ether oxygens (including phenoxy) is 2. The van der Waals surface area contributed by atoms with Crippen molar-refractivity contribution in [3.05, 3.63) is 65.9 Å². The molecule has 0 aliphatic carbocycles. The first kappa shape index (κ1) is 15.4. The fourth-order valence-corrected chi connectivity index (χ4v) is 2.32. The van der Waals surface area contributed by atoms with E-state index in [0.717, 1.165) is 22.6 Å². The first-order valence-electron chi connectivity index (χ1n) is 7.17. The number of para-hydroxylation sites is 1. The van der Waals surface area contributed by atoms with Gasteiger partial charge in [0, 0.05) is 11.6 Å². The molecule has 5 heteroatoms. The van der Waals surface area contributed by atoms with Crippen LogP contribution >= 0.6 is 11.6 Å². The molecule has 0 aliphatic heterocycles. The highest BCUT2D eigenvalue weighted by Crippen LogP contribution is 2.30. The molecule has 0 N–H and O–H groups in total. The van der Waals surface area contributed by atoms with Gasteiger partial charge < -0.3 is 14.0 Å². The number of hydrogen-bond acceptors (Lipinski definition) is 4. The van der Waals surface area contributed by atoms with Crippen molar-refractivity contribution in [3.63, 3.8) is 0 Å². The van der Waals surface area contributed by atoms with Gasteiger partial charge in [-0.15, -0.1) is 11.6 Å². The lowest BCUT2D eigenvalue weighted by Gasteiger charge is -2.10. The molecule has 3 rings (SSSR count). The third-order valence-electron chi connectivity index (χ3n) is 3.41. The minimum Gasteiger partial charge on any atom is -0.497 e. The van der Waals surface area contributed by atoms with Crippen LogP contribution in [0.2, 0.25) is 0 Å². The van der Waals surface area contributed by atoms with Gasteiger partial charge in [0.15, 0.2) is 5.76 Å². The van der Waals surface area contributed by atoms with Crippen LogP contribution in [0.3, 0.4) is 0 Å². The smallest absolute Gasteiger partial charge is 0.152 e. The van der Waals surface area contributed by atoms with Crippen LogP contribution in [0, 0.1) is 0 Å². The second-order valence-corrected chi connectivity index (χ2v) is 5.21. The molecule has 118 valence electrons. The maximum absolute atomic E-state index is 5.94. The van der Waals surface area contributed by atoms with Crippen LogP contribution in [0.4, 0.5) is 0 Å². The van der Waals surface area contributed by atoms with Crippen molar-refractivity contribution in [3.8, 4) is 22.8 Å². The number of halogens is 1. The van der Waals surface area contributed by atoms with Crippen molar-refractivity contribution in [1.29, 1.82) is 0 Å². The summed E-state index contributed by atoms with van der Waals surface area (Å²) in [6, 6.07) is 17.3. The molecule has 0 aliphatic rings. The number of hydrogen-bond donors (Lipinski definition) is 0. The van der Waals surface area contributed by atoms with Crippen molar-refractivity contribution in [1.82, 2.24) is 5.16 Å². The van der Waals surface area contributed by atoms with E-state index in [4.69, 9.17) is 25.6 Å². The Morgan fingerprint density at radius 1 is 1.09 bits per heavy atom. The average Bonchev–Trinajstić information content (AvgIpc) is 3.09. The third kappa shape index (κ3) is 3.66. The van der Waals surface area contributed by atoms with Crippen LogP contribution in [0.15, 0.2) is 59.1 Å². The van der Waals surface area contributed by atoms with Gasteiger partial charge in [-0.05, 0) is 29.8 Å². The molecule has 23 heavy (non-hydrogen) atoms. The fraction of sp³-hybridized carbons (Fsp3) is 0.167. The van der Waals surface area contributed by atoms with E-state index in [1.807, 2.05) is 54.6 Å². The van der Waals surface area contributed by atoms with Crippen molar-refractivity contribution in [2.24, 2.45) is 0 Å². The molecule has 3 aromatic rings. The zero-order chi connectivity index (χ0) is 16.1. The van der Waals surface area contributed by atoms with Crippen LogP contribution in [0.1, 0.15) is 11.3 Å². The summed E-state index contributed by atoms with van der Waals surface area (Å²) in [7, 11) is 1.65. The Kier molecular flexibility index (Phi) is 4.83. The zero-order valence-corrected chi connectivity index (χ0v) is 13.4. The summed E-state index contributed by atoms with van der Waals surface area (Å²) < 4.78 is 16.3. The van der Waals surface area contributed by atoms with Crippen LogP contribution in [-0.2, 0) is 12.5 Å². The van der Waals surface area contributed by atoms with Crippen molar-refractivity contribution < 1.29 is 14.0 Å². The Morgan fingerprint density at radius 2 is 1.87 bits per heavy atom. The Balaban J connectivity index is 1.77. The molecule has 0 fully saturated rings. The summed E-state index contributed by atoms with van der Waals surface area (Å²) in [4.78, 5) is 0. The number of methoxy groups -OCH3 is 1. The highest BCUT2D eigenvalue weighted by Gasteiger charge is 2.11. The molecule has 0 bridgehead atoms. The van der Waals surface area contributed by atoms with Crippen LogP contribution in [0.5, 0.6) is 11.5 Å². The predicted molar refractivity (Wildman–Crippen MR) is 88.8 cm³/mol. The molecular weight excluding hydrogens is 314 g/mol. The number of rotatable bonds is 6. The maximum atomic E-state index is 5.94. The van der Waals surface area contributed by atoms with Crippen molar-refractivity contribution in [2.75, 3.05) is 7.11 Å². The van der Waals surface area contributed by atoms with E-state index in [9.17, 15) is 0 Å². The van der Waals surface area contributed by atoms with Crippen LogP contribution < -0.4 is 9.47 Å². The lowest BCUT2D eigenvalue weighted by Crippen LogP contribution is -1.97. The van der Waals surface area contributed by atoms with E-state index < -0.39 is 0 Å². The molecule has 0 atom stereocenters. The summed E-state index contributed by atoms with van der Waals surface area (Å²) >= 11 is 5.76. The normalized spacial score (nSPS) is 10.5. The highest BCUT2D eigenvalue weighted by atomic mass is 35.5. The molecule has 0 amide bonds. The van der Waals surface area contributed by atoms with E-state index in [0.29, 0.717) is 23.9 Å². The zero-order valence-electron chi connectivity index (χ0n) is 12.7. The molecule has 0 radical (unpaired) electrons. The molecule has 4 nitrogen and oxygen atoms in total. The van der Waals surface area contributed by atoms with Crippen LogP contribution in [-0.4, -0.2) is 12.3 Å². The average molecular weight is 330 g/mol. The Hall–Kier alpha value is -2.46. The van der Waals surface area contributed by atoms with E-state index in [1.165, 1.54) is 0 Å². The van der Waals surface area contributed by atoms with Gasteiger partial charge in [-0.1, -0.05) is 29.4 Å². The number of aromatic nitrogens is 1. The molecule has 0 unspecified atom stereocenters. The Bertz CT molecular complexity index is 768. The number of nitrogens with zero attached hydrogens (tertiary/aromatic N) is 1. The van der Waals surface area contributed by atoms with E-state index in [1.54, 1.807) is 7.11 Å². The maximum Gasteiger partial charge on any atom is 0.152 e. The summed E-state index contributed by atoms with van der Waals surface area (Å²) in [6.07, 6.45) is 0. The van der Waals surface area contributed by atoms with Gasteiger partial charge in [0.2, 0.25) is 0 Å². The molecule has 1 heterocycles. The van der Waals surface area contributed by atoms with Crippen LogP contribution in [0.25, 0.3) is 11.3 Å². The fourth-order valence-electron chi connectivity index (χ4n) is 2.19. The topological polar surface area (TPSA) is 44.5 Å². The first-order valence-corrected chi connectivity index (χ1v) is 7.70. The number of alkyl halides is 1. The van der Waals surface area contributed by atoms with E-state index in [-0.39, 0.29) is 0 Å². The molecule has 0 spiro atoms. The number of benzene rings is 2. The summed E-state index contributed by atoms with van der Waals surface area (Å²) in [5.74, 6) is 2.50. The monoisotopic (exact) mass is 329 g/mol. The third-order valence-corrected chi connectivity index (χ3v) is 3.67. The van der Waals surface area contributed by atoms with Gasteiger partial charge in [0.05, 0.1) is 13.0 Å². The summed E-state index contributed by atoms with van der Waals surface area (Å²) in [6.45, 7) is 0.460. The summed E-state index contributed by atoms with van der Waals surface area (Å²) in [5, 5.41) is 4.04. The Labute approximate surface area is 139 Å². The van der Waals surface area contributed by atoms with Gasteiger partial charge in [-0.25, -0.2) is 0 Å². The summed E-state index contributed by atoms with van der Waals surface area (Å²) in [5.41, 5.74) is 2.65. The molecule has 0 saturated heterocycles. The lowest BCUT2D eigenvalue weighted by molar-refractivity contribution is 0.307. The van der Waals surface area contributed by atoms with Gasteiger partial charge in [-0.3, -0.25) is 0 Å². The van der Waals surface area contributed by atoms with Crippen molar-refractivity contribution in [2.45, 2.75) is 12.5 Å². The highest BCUT2D eigenvalue weighted by molar-refractivity contribution is 6.16. The standard InChI is InChI=1S/C18H16ClNO3/c1-21-14-8-6-13(7-9-14)12-22-18-5-3-2-4-16(18)17-10-15(11-19)23-20-17/h2-10H,11-12H2,1H3. The largest absolute Gasteiger partial charge is 0.497 e. The van der Waals surface area contributed by atoms with E-state index in [2.05, 4.69) is 5.16 Å². The van der Waals surface area contributed by atoms with Crippen molar-refractivity contribution >= 4 is 11.6 Å². The quantitative estimate of drug-likeness (QED) is 0.616.